The minimum atomic E-state index is 0.333. The normalized spacial score (nSPS) is 28.5. The smallest absolute Gasteiger partial charge is 0.0149 e. The van der Waals surface area contributed by atoms with Crippen molar-refractivity contribution >= 4 is 0 Å². The van der Waals surface area contributed by atoms with Crippen LogP contribution in [0.25, 0.3) is 0 Å². The Morgan fingerprint density at radius 2 is 1.60 bits per heavy atom. The summed E-state index contributed by atoms with van der Waals surface area (Å²) in [6.07, 6.45) is 18.2. The van der Waals surface area contributed by atoms with E-state index in [0.29, 0.717) is 5.41 Å². The molecular formula is C25H48. The second-order valence-corrected chi connectivity index (χ2v) is 9.69. The molecule has 25 heavy (non-hydrogen) atoms. The van der Waals surface area contributed by atoms with Crippen LogP contribution in [0.1, 0.15) is 119 Å². The van der Waals surface area contributed by atoms with E-state index in [4.69, 9.17) is 0 Å². The number of unbranched alkanes of at least 4 members (excludes halogenated alkanes) is 1. The van der Waals surface area contributed by atoms with Crippen LogP contribution in [0.4, 0.5) is 0 Å². The van der Waals surface area contributed by atoms with Gasteiger partial charge in [0.2, 0.25) is 0 Å². The van der Waals surface area contributed by atoms with Crippen LogP contribution in [0, 0.1) is 29.1 Å². The van der Waals surface area contributed by atoms with Crippen molar-refractivity contribution < 1.29 is 0 Å². The molecule has 0 aromatic rings. The van der Waals surface area contributed by atoms with E-state index in [1.54, 1.807) is 0 Å². The van der Waals surface area contributed by atoms with Gasteiger partial charge in [-0.15, -0.1) is 0 Å². The van der Waals surface area contributed by atoms with Gasteiger partial charge < -0.3 is 0 Å². The first-order valence-electron chi connectivity index (χ1n) is 11.6. The molecule has 3 unspecified atom stereocenters. The fraction of sp³-hybridized carbons (Fsp3) is 0.920. The van der Waals surface area contributed by atoms with Gasteiger partial charge in [-0.2, -0.15) is 0 Å². The molecule has 0 bridgehead atoms. The van der Waals surface area contributed by atoms with Crippen molar-refractivity contribution in [2.45, 2.75) is 119 Å². The van der Waals surface area contributed by atoms with E-state index in [9.17, 15) is 0 Å². The van der Waals surface area contributed by atoms with Gasteiger partial charge in [-0.25, -0.2) is 0 Å². The molecule has 0 aromatic carbocycles. The summed E-state index contributed by atoms with van der Waals surface area (Å²) in [6.45, 7) is 16.9. The predicted molar refractivity (Wildman–Crippen MR) is 115 cm³/mol. The summed E-state index contributed by atoms with van der Waals surface area (Å²) in [5.74, 6) is 3.51. The minimum Gasteiger partial charge on any atom is -0.0791 e. The van der Waals surface area contributed by atoms with Gasteiger partial charge in [-0.3, -0.25) is 0 Å². The maximum absolute atomic E-state index is 2.71. The molecular weight excluding hydrogens is 300 g/mol. The molecule has 0 saturated heterocycles. The number of rotatable bonds is 7. The highest BCUT2D eigenvalue weighted by atomic mass is 14.3. The number of hydrogen-bond acceptors (Lipinski definition) is 0. The monoisotopic (exact) mass is 348 g/mol. The zero-order chi connectivity index (χ0) is 18.9. The van der Waals surface area contributed by atoms with Gasteiger partial charge in [0.25, 0.3) is 0 Å². The first-order valence-corrected chi connectivity index (χ1v) is 11.6. The van der Waals surface area contributed by atoms with Crippen LogP contribution in [-0.4, -0.2) is 0 Å². The lowest BCUT2D eigenvalue weighted by Crippen LogP contribution is -2.21. The summed E-state index contributed by atoms with van der Waals surface area (Å²) in [4.78, 5) is 0. The summed E-state index contributed by atoms with van der Waals surface area (Å²) in [6, 6.07) is 0. The Morgan fingerprint density at radius 1 is 0.960 bits per heavy atom. The molecule has 1 fully saturated rings. The van der Waals surface area contributed by atoms with E-state index >= 15 is 0 Å². The molecule has 1 aliphatic rings. The maximum atomic E-state index is 2.71. The summed E-state index contributed by atoms with van der Waals surface area (Å²) < 4.78 is 0. The van der Waals surface area contributed by atoms with E-state index in [1.165, 1.54) is 70.6 Å². The Hall–Kier alpha value is -0.260. The Balaban J connectivity index is 3.01. The van der Waals surface area contributed by atoms with Gasteiger partial charge in [0.1, 0.15) is 0 Å². The third-order valence-corrected chi connectivity index (χ3v) is 7.37. The zero-order valence-corrected chi connectivity index (χ0v) is 18.7. The molecule has 0 N–H and O–H groups in total. The van der Waals surface area contributed by atoms with Crippen LogP contribution in [0.3, 0.4) is 0 Å². The van der Waals surface area contributed by atoms with Gasteiger partial charge in [0.05, 0.1) is 0 Å². The zero-order valence-electron chi connectivity index (χ0n) is 18.7. The fourth-order valence-electron chi connectivity index (χ4n) is 4.70. The maximum Gasteiger partial charge on any atom is -0.0149 e. The molecule has 0 aliphatic heterocycles. The highest BCUT2D eigenvalue weighted by Gasteiger charge is 2.26. The first-order chi connectivity index (χ1) is 11.9. The lowest BCUT2D eigenvalue weighted by molar-refractivity contribution is 0.244. The number of hydrogen-bond donors (Lipinski definition) is 0. The van der Waals surface area contributed by atoms with Gasteiger partial charge in [-0.05, 0) is 61.2 Å². The van der Waals surface area contributed by atoms with E-state index < -0.39 is 0 Å². The molecule has 0 radical (unpaired) electrons. The van der Waals surface area contributed by atoms with Crippen LogP contribution in [0.15, 0.2) is 11.6 Å². The molecule has 0 heterocycles. The van der Waals surface area contributed by atoms with E-state index in [2.05, 4.69) is 54.5 Å². The van der Waals surface area contributed by atoms with Crippen molar-refractivity contribution in [3.63, 3.8) is 0 Å². The third kappa shape index (κ3) is 7.48. The Kier molecular flexibility index (Phi) is 10.4. The molecule has 0 nitrogen and oxygen atoms in total. The van der Waals surface area contributed by atoms with Gasteiger partial charge in [-0.1, -0.05) is 98.6 Å². The molecule has 0 heteroatoms. The van der Waals surface area contributed by atoms with Crippen molar-refractivity contribution in [1.82, 2.24) is 0 Å². The summed E-state index contributed by atoms with van der Waals surface area (Å²) >= 11 is 0. The van der Waals surface area contributed by atoms with Crippen molar-refractivity contribution in [2.24, 2.45) is 29.1 Å². The molecule has 1 rings (SSSR count). The van der Waals surface area contributed by atoms with E-state index in [-0.39, 0.29) is 0 Å². The molecule has 148 valence electrons. The molecule has 0 amide bonds. The highest BCUT2D eigenvalue weighted by molar-refractivity contribution is 5.13. The summed E-state index contributed by atoms with van der Waals surface area (Å²) in [7, 11) is 0. The predicted octanol–water partition coefficient (Wildman–Crippen LogP) is 8.81. The summed E-state index contributed by atoms with van der Waals surface area (Å²) in [5, 5.41) is 0. The molecule has 3 atom stereocenters. The van der Waals surface area contributed by atoms with Crippen molar-refractivity contribution in [1.29, 1.82) is 0 Å². The van der Waals surface area contributed by atoms with Gasteiger partial charge >= 0.3 is 0 Å². The van der Waals surface area contributed by atoms with Crippen LogP contribution in [0.2, 0.25) is 0 Å². The lowest BCUT2D eigenvalue weighted by atomic mass is 9.73. The second kappa shape index (κ2) is 11.5. The minimum absolute atomic E-state index is 0.333. The van der Waals surface area contributed by atoms with Crippen molar-refractivity contribution in [3.05, 3.63) is 11.6 Å². The Bertz CT molecular complexity index is 373. The number of allylic oxidation sites excluding steroid dienone is 2. The van der Waals surface area contributed by atoms with Crippen LogP contribution in [0.5, 0.6) is 0 Å². The SMILES string of the molecule is CCCCC1CCC(CC)C(CC)CCCCC1=CC(C)(C)C(C)C. The van der Waals surface area contributed by atoms with Crippen molar-refractivity contribution in [2.75, 3.05) is 0 Å². The van der Waals surface area contributed by atoms with Crippen molar-refractivity contribution in [3.8, 4) is 0 Å². The average Bonchev–Trinajstić information content (AvgIpc) is 2.58. The molecule has 0 spiro atoms. The molecule has 1 saturated carbocycles. The second-order valence-electron chi connectivity index (χ2n) is 9.69. The highest BCUT2D eigenvalue weighted by Crippen LogP contribution is 2.39. The van der Waals surface area contributed by atoms with Crippen LogP contribution >= 0.6 is 0 Å². The largest absolute Gasteiger partial charge is 0.0791 e. The third-order valence-electron chi connectivity index (χ3n) is 7.37. The first kappa shape index (κ1) is 22.8. The quantitative estimate of drug-likeness (QED) is 0.403. The fourth-order valence-corrected chi connectivity index (χ4v) is 4.70. The Labute approximate surface area is 160 Å². The molecule has 0 aromatic heterocycles. The topological polar surface area (TPSA) is 0 Å². The average molecular weight is 349 g/mol. The molecule has 1 aliphatic carbocycles. The van der Waals surface area contributed by atoms with Crippen LogP contribution in [-0.2, 0) is 0 Å². The Morgan fingerprint density at radius 3 is 2.16 bits per heavy atom. The van der Waals surface area contributed by atoms with E-state index in [0.717, 1.165) is 23.7 Å². The van der Waals surface area contributed by atoms with Gasteiger partial charge in [0.15, 0.2) is 0 Å². The summed E-state index contributed by atoms with van der Waals surface area (Å²) in [5.41, 5.74) is 2.15. The van der Waals surface area contributed by atoms with E-state index in [1.807, 2.05) is 5.57 Å². The van der Waals surface area contributed by atoms with Crippen LogP contribution < -0.4 is 0 Å². The van der Waals surface area contributed by atoms with Gasteiger partial charge in [0, 0.05) is 0 Å². The lowest BCUT2D eigenvalue weighted by Gasteiger charge is -2.33. The standard InChI is InChI=1S/C25H48/c1-8-11-14-23-18-17-22(10-3)21(9-2)15-12-13-16-24(23)19-25(6,7)20(4)5/h19-23H,8-18H2,1-7H3.